The summed E-state index contributed by atoms with van der Waals surface area (Å²) in [4.78, 5) is 2.27. The Morgan fingerprint density at radius 3 is 1.75 bits per heavy atom. The molecule has 0 aliphatic rings. The predicted molar refractivity (Wildman–Crippen MR) is 92.9 cm³/mol. The van der Waals surface area contributed by atoms with Gasteiger partial charge in [-0.15, -0.1) is 0 Å². The molecule has 104 valence electrons. The zero-order valence-electron chi connectivity index (χ0n) is 11.7. The molecule has 0 aromatic heterocycles. The first-order chi connectivity index (χ1) is 9.79. The van der Waals surface area contributed by atoms with E-state index in [0.29, 0.717) is 0 Å². The third-order valence-electron chi connectivity index (χ3n) is 2.96. The van der Waals surface area contributed by atoms with Crippen LogP contribution >= 0.6 is 24.0 Å². The quantitative estimate of drug-likeness (QED) is 0.735. The van der Waals surface area contributed by atoms with E-state index in [0.717, 1.165) is 23.2 Å². The molecule has 0 bridgehead atoms. The van der Waals surface area contributed by atoms with Gasteiger partial charge in [0.2, 0.25) is 0 Å². The first-order valence-corrected chi connectivity index (χ1v) is 8.18. The van der Waals surface area contributed by atoms with Gasteiger partial charge >= 0.3 is 0 Å². The Balaban J connectivity index is 2.10. The maximum absolute atomic E-state index is 5.56. The molecule has 0 fully saturated rings. The Labute approximate surface area is 131 Å². The van der Waals surface area contributed by atoms with Gasteiger partial charge in [0.05, 0.1) is 0 Å². The molecule has 3 heteroatoms. The normalized spacial score (nSPS) is 10.2. The van der Waals surface area contributed by atoms with Crippen LogP contribution in [0.5, 0.6) is 0 Å². The monoisotopic (exact) mass is 301 g/mol. The fraction of sp³-hybridized carbons (Fsp3) is 0.235. The molecule has 2 aromatic carbocycles. The molecular formula is C17H19NS2. The van der Waals surface area contributed by atoms with Crippen molar-refractivity contribution in [3.8, 4) is 0 Å². The first kappa shape index (κ1) is 15.1. The second-order valence-electron chi connectivity index (χ2n) is 4.53. The van der Waals surface area contributed by atoms with E-state index in [1.54, 1.807) is 11.8 Å². The molecule has 2 aromatic rings. The summed E-state index contributed by atoms with van der Waals surface area (Å²) in [6, 6.07) is 21.0. The van der Waals surface area contributed by atoms with Crippen molar-refractivity contribution in [2.45, 2.75) is 20.0 Å². The zero-order valence-corrected chi connectivity index (χ0v) is 13.3. The minimum atomic E-state index is 0.863. The van der Waals surface area contributed by atoms with Crippen LogP contribution in [0.2, 0.25) is 0 Å². The van der Waals surface area contributed by atoms with Gasteiger partial charge in [-0.05, 0) is 16.9 Å². The van der Waals surface area contributed by atoms with Gasteiger partial charge in [-0.25, -0.2) is 0 Å². The lowest BCUT2D eigenvalue weighted by molar-refractivity contribution is 0.421. The van der Waals surface area contributed by atoms with Crippen LogP contribution in [0.3, 0.4) is 0 Å². The van der Waals surface area contributed by atoms with Gasteiger partial charge < -0.3 is 4.90 Å². The first-order valence-electron chi connectivity index (χ1n) is 6.79. The Kier molecular flexibility index (Phi) is 6.09. The van der Waals surface area contributed by atoms with Gasteiger partial charge in [0.1, 0.15) is 4.32 Å². The SMILES string of the molecule is CCSC(=S)N(Cc1ccccc1)Cc1ccccc1. The van der Waals surface area contributed by atoms with Crippen molar-refractivity contribution in [1.82, 2.24) is 4.90 Å². The van der Waals surface area contributed by atoms with Crippen LogP contribution in [-0.4, -0.2) is 15.0 Å². The molecular weight excluding hydrogens is 282 g/mol. The van der Waals surface area contributed by atoms with E-state index >= 15 is 0 Å². The van der Waals surface area contributed by atoms with Crippen molar-refractivity contribution in [3.63, 3.8) is 0 Å². The van der Waals surface area contributed by atoms with Crippen LogP contribution in [0.25, 0.3) is 0 Å². The van der Waals surface area contributed by atoms with Crippen LogP contribution in [0.4, 0.5) is 0 Å². The Morgan fingerprint density at radius 1 is 0.900 bits per heavy atom. The molecule has 0 amide bonds. The van der Waals surface area contributed by atoms with E-state index in [1.165, 1.54) is 11.1 Å². The minimum Gasteiger partial charge on any atom is -0.349 e. The summed E-state index contributed by atoms with van der Waals surface area (Å²) in [5.41, 5.74) is 2.59. The van der Waals surface area contributed by atoms with Crippen LogP contribution < -0.4 is 0 Å². The number of nitrogens with zero attached hydrogens (tertiary/aromatic N) is 1. The highest BCUT2D eigenvalue weighted by molar-refractivity contribution is 8.22. The largest absolute Gasteiger partial charge is 0.349 e. The van der Waals surface area contributed by atoms with Crippen LogP contribution in [0, 0.1) is 0 Å². The number of hydrogen-bond acceptors (Lipinski definition) is 2. The molecule has 0 unspecified atom stereocenters. The molecule has 0 saturated heterocycles. The summed E-state index contributed by atoms with van der Waals surface area (Å²) in [6.45, 7) is 3.86. The summed E-state index contributed by atoms with van der Waals surface area (Å²) in [7, 11) is 0. The number of rotatable bonds is 5. The molecule has 0 aliphatic carbocycles. The van der Waals surface area contributed by atoms with Crippen molar-refractivity contribution in [2.75, 3.05) is 5.75 Å². The van der Waals surface area contributed by atoms with Gasteiger partial charge in [0.25, 0.3) is 0 Å². The molecule has 0 aliphatic heterocycles. The van der Waals surface area contributed by atoms with Crippen molar-refractivity contribution >= 4 is 28.3 Å². The molecule has 1 nitrogen and oxygen atoms in total. The van der Waals surface area contributed by atoms with Crippen molar-refractivity contribution in [2.24, 2.45) is 0 Å². The van der Waals surface area contributed by atoms with Gasteiger partial charge in [-0.3, -0.25) is 0 Å². The Bertz CT molecular complexity index is 484. The van der Waals surface area contributed by atoms with Crippen LogP contribution in [0.15, 0.2) is 60.7 Å². The fourth-order valence-corrected chi connectivity index (χ4v) is 3.05. The van der Waals surface area contributed by atoms with E-state index in [-0.39, 0.29) is 0 Å². The molecule has 0 heterocycles. The number of hydrogen-bond donors (Lipinski definition) is 0. The highest BCUT2D eigenvalue weighted by Gasteiger charge is 2.11. The summed E-state index contributed by atoms with van der Waals surface area (Å²) in [6.07, 6.45) is 0. The topological polar surface area (TPSA) is 3.24 Å². The highest BCUT2D eigenvalue weighted by Crippen LogP contribution is 2.16. The van der Waals surface area contributed by atoms with Gasteiger partial charge in [0, 0.05) is 13.1 Å². The summed E-state index contributed by atoms with van der Waals surface area (Å²) in [5, 5.41) is 0. The molecule has 0 saturated carbocycles. The van der Waals surface area contributed by atoms with Crippen molar-refractivity contribution in [3.05, 3.63) is 71.8 Å². The molecule has 0 atom stereocenters. The van der Waals surface area contributed by atoms with Crippen molar-refractivity contribution < 1.29 is 0 Å². The molecule has 20 heavy (non-hydrogen) atoms. The summed E-state index contributed by atoms with van der Waals surface area (Å²) in [5.74, 6) is 1.01. The van der Waals surface area contributed by atoms with Crippen molar-refractivity contribution in [1.29, 1.82) is 0 Å². The number of thioether (sulfide) groups is 1. The van der Waals surface area contributed by atoms with Gasteiger partial charge in [-0.1, -0.05) is 91.6 Å². The summed E-state index contributed by atoms with van der Waals surface area (Å²) < 4.78 is 0.972. The van der Waals surface area contributed by atoms with Gasteiger partial charge in [-0.2, -0.15) is 0 Å². The van der Waals surface area contributed by atoms with Crippen LogP contribution in [0.1, 0.15) is 18.1 Å². The minimum absolute atomic E-state index is 0.863. The molecule has 2 rings (SSSR count). The average molecular weight is 301 g/mol. The second kappa shape index (κ2) is 8.08. The van der Waals surface area contributed by atoms with E-state index in [2.05, 4.69) is 60.4 Å². The fourth-order valence-electron chi connectivity index (χ4n) is 2.01. The lowest BCUT2D eigenvalue weighted by atomic mass is 10.2. The van der Waals surface area contributed by atoms with E-state index in [1.807, 2.05) is 12.1 Å². The standard InChI is InChI=1S/C17H19NS2/c1-2-20-17(19)18(13-15-9-5-3-6-10-15)14-16-11-7-4-8-12-16/h3-12H,2,13-14H2,1H3. The number of benzene rings is 2. The smallest absolute Gasteiger partial charge is 0.136 e. The summed E-state index contributed by atoms with van der Waals surface area (Å²) >= 11 is 7.30. The van der Waals surface area contributed by atoms with Crippen LogP contribution in [-0.2, 0) is 13.1 Å². The van der Waals surface area contributed by atoms with E-state index < -0.39 is 0 Å². The lowest BCUT2D eigenvalue weighted by Gasteiger charge is -2.25. The molecule has 0 spiro atoms. The Morgan fingerprint density at radius 2 is 1.35 bits per heavy atom. The highest BCUT2D eigenvalue weighted by atomic mass is 32.2. The lowest BCUT2D eigenvalue weighted by Crippen LogP contribution is -2.26. The Hall–Kier alpha value is -1.32. The van der Waals surface area contributed by atoms with E-state index in [4.69, 9.17) is 12.2 Å². The van der Waals surface area contributed by atoms with Gasteiger partial charge in [0.15, 0.2) is 0 Å². The second-order valence-corrected chi connectivity index (χ2v) is 6.42. The third-order valence-corrected chi connectivity index (χ3v) is 4.36. The number of thiocarbonyl (C=S) groups is 1. The predicted octanol–water partition coefficient (Wildman–Crippen LogP) is 4.73. The van der Waals surface area contributed by atoms with E-state index in [9.17, 15) is 0 Å². The average Bonchev–Trinajstić information content (AvgIpc) is 2.49. The third kappa shape index (κ3) is 4.66. The zero-order chi connectivity index (χ0) is 14.2. The molecule has 0 radical (unpaired) electrons. The molecule has 0 N–H and O–H groups in total. The maximum atomic E-state index is 5.56. The maximum Gasteiger partial charge on any atom is 0.136 e.